The Kier molecular flexibility index (Phi) is 9.19. The lowest BCUT2D eigenvalue weighted by Crippen LogP contribution is -2.36. The van der Waals surface area contributed by atoms with E-state index in [9.17, 15) is 9.36 Å². The second kappa shape index (κ2) is 12.6. The molecule has 2 aromatic carbocycles. The third-order valence-electron chi connectivity index (χ3n) is 5.84. The Morgan fingerprint density at radius 1 is 1.05 bits per heavy atom. The van der Waals surface area contributed by atoms with Crippen molar-refractivity contribution in [3.8, 4) is 5.75 Å². The first-order chi connectivity index (χ1) is 18.7. The number of benzene rings is 2. The van der Waals surface area contributed by atoms with E-state index in [0.717, 1.165) is 16.4 Å². The molecule has 0 saturated carbocycles. The Hall–Kier alpha value is -3.50. The number of nitrogens with two attached hydrogens (primary N) is 1. The fraction of sp³-hybridized carbons (Fsp3) is 0.370. The number of hydrogen-bond donors (Lipinski definition) is 2. The SMILES string of the molecule is CCOCc1nc2c(N)nc3ccccc3c2n1C[C@H](C)O[P@](=O)(N[C@@H](C)C(=O)OCC)Oc1ccccc1. The zero-order valence-electron chi connectivity index (χ0n) is 22.5. The van der Waals surface area contributed by atoms with Crippen LogP contribution in [0.25, 0.3) is 21.9 Å². The number of pyridine rings is 1. The van der Waals surface area contributed by atoms with Crippen LogP contribution in [0.3, 0.4) is 0 Å². The maximum Gasteiger partial charge on any atom is 0.459 e. The fourth-order valence-corrected chi connectivity index (χ4v) is 5.86. The minimum absolute atomic E-state index is 0.189. The summed E-state index contributed by atoms with van der Waals surface area (Å²) in [5.41, 5.74) is 8.33. The van der Waals surface area contributed by atoms with Crippen LogP contribution in [0.4, 0.5) is 5.82 Å². The van der Waals surface area contributed by atoms with Gasteiger partial charge in [-0.15, -0.1) is 0 Å². The van der Waals surface area contributed by atoms with Gasteiger partial charge in [0.25, 0.3) is 0 Å². The number of nitrogen functional groups attached to an aromatic ring is 1. The summed E-state index contributed by atoms with van der Waals surface area (Å²) in [4.78, 5) is 21.5. The van der Waals surface area contributed by atoms with E-state index in [-0.39, 0.29) is 19.8 Å². The minimum Gasteiger partial charge on any atom is -0.465 e. The zero-order chi connectivity index (χ0) is 28.0. The number of carbonyl (C=O) groups is 1. The van der Waals surface area contributed by atoms with Crippen LogP contribution in [0, 0.1) is 0 Å². The molecule has 208 valence electrons. The predicted octanol–water partition coefficient (Wildman–Crippen LogP) is 4.84. The van der Waals surface area contributed by atoms with Gasteiger partial charge in [-0.1, -0.05) is 36.4 Å². The van der Waals surface area contributed by atoms with E-state index < -0.39 is 25.9 Å². The molecule has 0 spiro atoms. The number of imidazole rings is 1. The van der Waals surface area contributed by atoms with Gasteiger partial charge in [0.2, 0.25) is 0 Å². The quantitative estimate of drug-likeness (QED) is 0.174. The number of nitrogens with zero attached hydrogens (tertiary/aromatic N) is 3. The number of aromatic nitrogens is 3. The summed E-state index contributed by atoms with van der Waals surface area (Å²) in [6, 6.07) is 15.3. The van der Waals surface area contributed by atoms with Crippen LogP contribution in [-0.2, 0) is 36.5 Å². The molecule has 0 fully saturated rings. The number of para-hydroxylation sites is 2. The predicted molar refractivity (Wildman–Crippen MR) is 149 cm³/mol. The van der Waals surface area contributed by atoms with Crippen molar-refractivity contribution < 1.29 is 27.9 Å². The molecule has 0 bridgehead atoms. The summed E-state index contributed by atoms with van der Waals surface area (Å²) >= 11 is 0. The Balaban J connectivity index is 1.69. The molecule has 0 amide bonds. The lowest BCUT2D eigenvalue weighted by atomic mass is 10.2. The number of carbonyl (C=O) groups excluding carboxylic acids is 1. The maximum absolute atomic E-state index is 14.0. The molecule has 3 N–H and O–H groups in total. The molecule has 0 aliphatic rings. The van der Waals surface area contributed by atoms with Crippen LogP contribution in [0.2, 0.25) is 0 Å². The second-order valence-corrected chi connectivity index (χ2v) is 10.6. The van der Waals surface area contributed by atoms with Gasteiger partial charge in [0.1, 0.15) is 29.7 Å². The highest BCUT2D eigenvalue weighted by Gasteiger charge is 2.34. The van der Waals surface area contributed by atoms with Crippen molar-refractivity contribution in [2.75, 3.05) is 18.9 Å². The second-order valence-electron chi connectivity index (χ2n) is 8.91. The average molecular weight is 556 g/mol. The molecular formula is C27H34N5O6P. The lowest BCUT2D eigenvalue weighted by Gasteiger charge is -2.26. The van der Waals surface area contributed by atoms with Gasteiger partial charge in [-0.05, 0) is 45.9 Å². The largest absolute Gasteiger partial charge is 0.465 e. The summed E-state index contributed by atoms with van der Waals surface area (Å²) in [7, 11) is -4.06. The minimum atomic E-state index is -4.06. The Bertz CT molecular complexity index is 1480. The van der Waals surface area contributed by atoms with Crippen molar-refractivity contribution in [3.63, 3.8) is 0 Å². The maximum atomic E-state index is 14.0. The summed E-state index contributed by atoms with van der Waals surface area (Å²) in [5.74, 6) is 0.682. The first-order valence-corrected chi connectivity index (χ1v) is 14.4. The Morgan fingerprint density at radius 2 is 1.77 bits per heavy atom. The number of rotatable bonds is 13. The standard InChI is InChI=1S/C27H34N5O6P/c1-5-35-17-23-30-24-25(21-14-10-11-15-22(21)29-26(24)28)32(23)16-18(3)37-39(34,31-19(4)27(33)36-6-2)38-20-12-8-7-9-13-20/h7-15,18-19H,5-6,16-17H2,1-4H3,(H2,28,29)(H,31,34)/t18-,19-,39+/m0/s1. The smallest absolute Gasteiger partial charge is 0.459 e. The van der Waals surface area contributed by atoms with Crippen molar-refractivity contribution in [1.29, 1.82) is 0 Å². The monoisotopic (exact) mass is 555 g/mol. The topological polar surface area (TPSA) is 140 Å². The molecule has 12 heteroatoms. The molecule has 39 heavy (non-hydrogen) atoms. The molecule has 2 heterocycles. The van der Waals surface area contributed by atoms with Crippen molar-refractivity contribution in [1.82, 2.24) is 19.6 Å². The van der Waals surface area contributed by atoms with E-state index in [2.05, 4.69) is 10.1 Å². The highest BCUT2D eigenvalue weighted by atomic mass is 31.2. The van der Waals surface area contributed by atoms with E-state index in [1.807, 2.05) is 41.8 Å². The molecule has 4 rings (SSSR count). The van der Waals surface area contributed by atoms with Gasteiger partial charge in [-0.3, -0.25) is 9.32 Å². The first-order valence-electron chi connectivity index (χ1n) is 12.8. The number of anilines is 1. The van der Waals surface area contributed by atoms with Crippen molar-refractivity contribution in [2.24, 2.45) is 0 Å². The molecule has 0 aliphatic carbocycles. The fourth-order valence-electron chi connectivity index (χ4n) is 4.19. The summed E-state index contributed by atoms with van der Waals surface area (Å²) in [6.45, 7) is 8.07. The Labute approximate surface area is 227 Å². The zero-order valence-corrected chi connectivity index (χ0v) is 23.4. The summed E-state index contributed by atoms with van der Waals surface area (Å²) in [6.07, 6.45) is -0.660. The molecule has 3 atom stereocenters. The molecule has 0 radical (unpaired) electrons. The third-order valence-corrected chi connectivity index (χ3v) is 7.64. The normalized spacial score (nSPS) is 14.7. The van der Waals surface area contributed by atoms with Gasteiger partial charge in [-0.2, -0.15) is 5.09 Å². The Morgan fingerprint density at radius 3 is 2.49 bits per heavy atom. The van der Waals surface area contributed by atoms with Crippen LogP contribution in [-0.4, -0.2) is 45.9 Å². The van der Waals surface area contributed by atoms with Crippen LogP contribution < -0.4 is 15.3 Å². The lowest BCUT2D eigenvalue weighted by molar-refractivity contribution is -0.144. The average Bonchev–Trinajstić information content (AvgIpc) is 3.26. The van der Waals surface area contributed by atoms with E-state index in [4.69, 9.17) is 29.2 Å². The van der Waals surface area contributed by atoms with E-state index in [1.54, 1.807) is 45.0 Å². The number of hydrogen-bond acceptors (Lipinski definition) is 9. The molecule has 4 aromatic rings. The first kappa shape index (κ1) is 28.5. The van der Waals surface area contributed by atoms with Crippen LogP contribution in [0.1, 0.15) is 33.5 Å². The van der Waals surface area contributed by atoms with Gasteiger partial charge in [0.05, 0.1) is 30.3 Å². The van der Waals surface area contributed by atoms with E-state index in [0.29, 0.717) is 29.5 Å². The number of ether oxygens (including phenoxy) is 2. The van der Waals surface area contributed by atoms with E-state index in [1.165, 1.54) is 0 Å². The van der Waals surface area contributed by atoms with Crippen molar-refractivity contribution >= 4 is 41.5 Å². The highest BCUT2D eigenvalue weighted by molar-refractivity contribution is 7.52. The highest BCUT2D eigenvalue weighted by Crippen LogP contribution is 2.46. The van der Waals surface area contributed by atoms with Crippen LogP contribution >= 0.6 is 7.75 Å². The number of nitrogens with one attached hydrogen (secondary N) is 1. The molecule has 0 unspecified atom stereocenters. The molecule has 0 saturated heterocycles. The third kappa shape index (κ3) is 6.75. The van der Waals surface area contributed by atoms with Gasteiger partial charge in [0, 0.05) is 12.0 Å². The van der Waals surface area contributed by atoms with Crippen LogP contribution in [0.5, 0.6) is 5.75 Å². The van der Waals surface area contributed by atoms with E-state index >= 15 is 0 Å². The molecule has 11 nitrogen and oxygen atoms in total. The van der Waals surface area contributed by atoms with Crippen molar-refractivity contribution in [3.05, 3.63) is 60.4 Å². The van der Waals surface area contributed by atoms with Gasteiger partial charge in [0.15, 0.2) is 5.82 Å². The molecule has 0 aliphatic heterocycles. The number of fused-ring (bicyclic) bond motifs is 3. The summed E-state index contributed by atoms with van der Waals surface area (Å²) < 4.78 is 38.5. The van der Waals surface area contributed by atoms with Gasteiger partial charge in [-0.25, -0.2) is 14.5 Å². The molecular weight excluding hydrogens is 521 g/mol. The van der Waals surface area contributed by atoms with Gasteiger partial charge >= 0.3 is 13.7 Å². The molecule has 2 aromatic heterocycles. The summed E-state index contributed by atoms with van der Waals surface area (Å²) in [5, 5.41) is 3.58. The van der Waals surface area contributed by atoms with Gasteiger partial charge < -0.3 is 24.3 Å². The number of esters is 1. The van der Waals surface area contributed by atoms with Crippen molar-refractivity contribution in [2.45, 2.75) is 53.0 Å². The van der Waals surface area contributed by atoms with Crippen LogP contribution in [0.15, 0.2) is 54.6 Å².